The van der Waals surface area contributed by atoms with Gasteiger partial charge in [-0.3, -0.25) is 9.69 Å². The number of hydrogen-bond acceptors (Lipinski definition) is 4. The van der Waals surface area contributed by atoms with Crippen molar-refractivity contribution < 1.29 is 9.53 Å². The number of benzene rings is 2. The first-order valence-electron chi connectivity index (χ1n) is 10.6. The van der Waals surface area contributed by atoms with Gasteiger partial charge in [-0.1, -0.05) is 35.3 Å². The first-order valence-corrected chi connectivity index (χ1v) is 11.3. The summed E-state index contributed by atoms with van der Waals surface area (Å²) in [4.78, 5) is 16.3. The fourth-order valence-corrected chi connectivity index (χ4v) is 4.43. The number of carbonyl (C=O) groups excluding carboxylic acids is 1. The number of nitrogens with one attached hydrogen (secondary N) is 1. The van der Waals surface area contributed by atoms with Crippen molar-refractivity contribution in [2.45, 2.75) is 25.7 Å². The van der Waals surface area contributed by atoms with Gasteiger partial charge in [0.15, 0.2) is 0 Å². The number of rotatable bonds is 7. The normalized spacial score (nSPS) is 16.3. The molecule has 168 valence electrons. The number of hydrogen-bond donors (Lipinski definition) is 1. The summed E-state index contributed by atoms with van der Waals surface area (Å²) >= 11 is 12.5. The highest BCUT2D eigenvalue weighted by Crippen LogP contribution is 2.33. The maximum absolute atomic E-state index is 11.5. The van der Waals surface area contributed by atoms with Gasteiger partial charge in [-0.2, -0.15) is 0 Å². The minimum Gasteiger partial charge on any atom is -0.494 e. The molecular weight excluding hydrogens is 457 g/mol. The van der Waals surface area contributed by atoms with Gasteiger partial charge in [-0.25, -0.2) is 0 Å². The Kier molecular flexibility index (Phi) is 8.73. The molecule has 0 saturated carbocycles. The van der Waals surface area contributed by atoms with Crippen molar-refractivity contribution in [1.29, 1.82) is 0 Å². The smallest absolute Gasteiger partial charge is 0.224 e. The van der Waals surface area contributed by atoms with E-state index >= 15 is 0 Å². The van der Waals surface area contributed by atoms with Crippen LogP contribution in [0.5, 0.6) is 5.75 Å². The van der Waals surface area contributed by atoms with Crippen LogP contribution < -0.4 is 15.0 Å². The number of unbranched alkanes of at least 4 members (excludes halogenated alkanes) is 1. The summed E-state index contributed by atoms with van der Waals surface area (Å²) in [6.07, 6.45) is 3.47. The van der Waals surface area contributed by atoms with E-state index in [-0.39, 0.29) is 18.3 Å². The fourth-order valence-electron chi connectivity index (χ4n) is 4.02. The number of carbonyl (C=O) groups is 1. The number of aryl methyl sites for hydroxylation is 1. The van der Waals surface area contributed by atoms with E-state index in [9.17, 15) is 4.79 Å². The number of amides is 1. The van der Waals surface area contributed by atoms with E-state index in [4.69, 9.17) is 27.9 Å². The lowest BCUT2D eigenvalue weighted by Gasteiger charge is -2.36. The second kappa shape index (κ2) is 11.3. The van der Waals surface area contributed by atoms with Crippen molar-refractivity contribution in [2.75, 3.05) is 49.5 Å². The molecule has 1 amide bonds. The molecule has 1 fully saturated rings. The molecule has 2 aromatic rings. The number of ether oxygens (including phenoxy) is 1. The Hall–Kier alpha value is -1.66. The summed E-state index contributed by atoms with van der Waals surface area (Å²) in [6, 6.07) is 11.8. The Balaban J connectivity index is 0.00000272. The number of anilines is 2. The van der Waals surface area contributed by atoms with Gasteiger partial charge >= 0.3 is 0 Å². The van der Waals surface area contributed by atoms with Crippen molar-refractivity contribution in [1.82, 2.24) is 4.90 Å². The summed E-state index contributed by atoms with van der Waals surface area (Å²) in [7, 11) is 0. The molecule has 0 spiro atoms. The topological polar surface area (TPSA) is 44.8 Å². The molecule has 0 radical (unpaired) electrons. The van der Waals surface area contributed by atoms with Crippen molar-refractivity contribution >= 4 is 52.9 Å². The standard InChI is InChI=1S/C23H27Cl2N3O2.ClH/c24-19-4-3-5-21(23(19)25)28-13-11-27(12-14-28)10-1-2-15-30-18-8-6-17-7-9-22(29)26-20(17)16-18;/h3-6,8,16H,1-2,7,9-15H2,(H,26,29);1H. The Labute approximate surface area is 200 Å². The number of nitrogens with zero attached hydrogens (tertiary/aromatic N) is 2. The maximum atomic E-state index is 11.5. The van der Waals surface area contributed by atoms with Crippen LogP contribution in [-0.2, 0) is 11.2 Å². The van der Waals surface area contributed by atoms with Gasteiger partial charge in [0.1, 0.15) is 5.75 Å². The molecule has 0 unspecified atom stereocenters. The SMILES string of the molecule is Cl.O=C1CCc2ccc(OCCCCN3CCN(c4cccc(Cl)c4Cl)CC3)cc2N1. The summed E-state index contributed by atoms with van der Waals surface area (Å²) in [5, 5.41) is 4.18. The largest absolute Gasteiger partial charge is 0.494 e. The Morgan fingerprint density at radius 1 is 1.00 bits per heavy atom. The lowest BCUT2D eigenvalue weighted by Crippen LogP contribution is -2.46. The molecule has 2 aromatic carbocycles. The first kappa shape index (κ1) is 24.0. The molecule has 2 heterocycles. The second-order valence-corrected chi connectivity index (χ2v) is 8.61. The van der Waals surface area contributed by atoms with Crippen LogP contribution in [0.2, 0.25) is 10.0 Å². The predicted octanol–water partition coefficient (Wildman–Crippen LogP) is 5.28. The van der Waals surface area contributed by atoms with Crippen LogP contribution >= 0.6 is 35.6 Å². The van der Waals surface area contributed by atoms with Crippen LogP contribution in [0.15, 0.2) is 36.4 Å². The average molecular weight is 485 g/mol. The van der Waals surface area contributed by atoms with E-state index in [2.05, 4.69) is 21.2 Å². The highest BCUT2D eigenvalue weighted by Gasteiger charge is 2.19. The molecule has 0 bridgehead atoms. The maximum Gasteiger partial charge on any atom is 0.224 e. The van der Waals surface area contributed by atoms with Crippen LogP contribution in [0, 0.1) is 0 Å². The van der Waals surface area contributed by atoms with E-state index in [0.29, 0.717) is 23.1 Å². The quantitative estimate of drug-likeness (QED) is 0.543. The summed E-state index contributed by atoms with van der Waals surface area (Å²) in [5.41, 5.74) is 3.10. The molecule has 2 aliphatic heterocycles. The Bertz CT molecular complexity index is 902. The van der Waals surface area contributed by atoms with Gasteiger partial charge in [0.2, 0.25) is 5.91 Å². The number of piperazine rings is 1. The molecule has 5 nitrogen and oxygen atoms in total. The van der Waals surface area contributed by atoms with Crippen LogP contribution in [-0.4, -0.2) is 50.1 Å². The molecule has 31 heavy (non-hydrogen) atoms. The van der Waals surface area contributed by atoms with E-state index < -0.39 is 0 Å². The minimum atomic E-state index is 0. The van der Waals surface area contributed by atoms with Gasteiger partial charge in [-0.05, 0) is 49.6 Å². The summed E-state index contributed by atoms with van der Waals surface area (Å²) < 4.78 is 5.89. The summed E-state index contributed by atoms with van der Waals surface area (Å²) in [6.45, 7) is 5.71. The third-order valence-electron chi connectivity index (χ3n) is 5.76. The van der Waals surface area contributed by atoms with E-state index in [0.717, 1.165) is 69.1 Å². The fraction of sp³-hybridized carbons (Fsp3) is 0.435. The van der Waals surface area contributed by atoms with Crippen molar-refractivity contribution in [3.8, 4) is 5.75 Å². The van der Waals surface area contributed by atoms with Gasteiger partial charge in [-0.15, -0.1) is 12.4 Å². The first-order chi connectivity index (χ1) is 14.6. The zero-order valence-corrected chi connectivity index (χ0v) is 19.7. The Morgan fingerprint density at radius 3 is 2.61 bits per heavy atom. The summed E-state index contributed by atoms with van der Waals surface area (Å²) in [5.74, 6) is 0.903. The minimum absolute atomic E-state index is 0. The molecule has 1 saturated heterocycles. The van der Waals surface area contributed by atoms with Gasteiger partial charge < -0.3 is 15.0 Å². The third-order valence-corrected chi connectivity index (χ3v) is 6.57. The van der Waals surface area contributed by atoms with Crippen molar-refractivity contribution in [3.05, 3.63) is 52.0 Å². The molecule has 0 aromatic heterocycles. The van der Waals surface area contributed by atoms with Crippen LogP contribution in [0.25, 0.3) is 0 Å². The molecular formula is C23H28Cl3N3O2. The average Bonchev–Trinajstić information content (AvgIpc) is 2.76. The molecule has 2 aliphatic rings. The molecule has 0 aliphatic carbocycles. The van der Waals surface area contributed by atoms with Crippen LogP contribution in [0.4, 0.5) is 11.4 Å². The second-order valence-electron chi connectivity index (χ2n) is 7.82. The monoisotopic (exact) mass is 483 g/mol. The lowest BCUT2D eigenvalue weighted by molar-refractivity contribution is -0.116. The van der Waals surface area contributed by atoms with Gasteiger partial charge in [0.05, 0.1) is 22.3 Å². The zero-order chi connectivity index (χ0) is 20.9. The van der Waals surface area contributed by atoms with Crippen LogP contribution in [0.3, 0.4) is 0 Å². The van der Waals surface area contributed by atoms with Crippen LogP contribution in [0.1, 0.15) is 24.8 Å². The van der Waals surface area contributed by atoms with Crippen molar-refractivity contribution in [2.24, 2.45) is 0 Å². The van der Waals surface area contributed by atoms with Gasteiger partial charge in [0.25, 0.3) is 0 Å². The van der Waals surface area contributed by atoms with E-state index in [1.807, 2.05) is 30.3 Å². The van der Waals surface area contributed by atoms with Crippen molar-refractivity contribution in [3.63, 3.8) is 0 Å². The number of halogens is 3. The Morgan fingerprint density at radius 2 is 1.81 bits per heavy atom. The molecule has 4 rings (SSSR count). The molecule has 1 N–H and O–H groups in total. The van der Waals surface area contributed by atoms with E-state index in [1.165, 1.54) is 5.56 Å². The van der Waals surface area contributed by atoms with E-state index in [1.54, 1.807) is 0 Å². The highest BCUT2D eigenvalue weighted by atomic mass is 35.5. The highest BCUT2D eigenvalue weighted by molar-refractivity contribution is 6.43. The van der Waals surface area contributed by atoms with Gasteiger partial charge in [0, 0.05) is 44.4 Å². The molecule has 0 atom stereocenters. The lowest BCUT2D eigenvalue weighted by atomic mass is 10.0. The number of fused-ring (bicyclic) bond motifs is 1. The zero-order valence-electron chi connectivity index (χ0n) is 17.4. The third kappa shape index (κ3) is 6.19. The predicted molar refractivity (Wildman–Crippen MR) is 130 cm³/mol. The molecule has 8 heteroatoms.